The van der Waals surface area contributed by atoms with Crippen molar-refractivity contribution in [2.24, 2.45) is 0 Å². The van der Waals surface area contributed by atoms with Gasteiger partial charge in [0.05, 0.1) is 126 Å². The van der Waals surface area contributed by atoms with Gasteiger partial charge in [0.1, 0.15) is 6.61 Å². The minimum atomic E-state index is -0.450. The minimum Gasteiger partial charge on any atom is -0.449 e. The molecule has 0 atom stereocenters. The molecule has 0 bridgehead atoms. The van der Waals surface area contributed by atoms with Gasteiger partial charge in [-0.25, -0.2) is 4.79 Å². The summed E-state index contributed by atoms with van der Waals surface area (Å²) >= 11 is 0. The summed E-state index contributed by atoms with van der Waals surface area (Å²) in [7, 11) is 0. The fraction of sp³-hybridized carbons (Fsp3) is 0.698. The van der Waals surface area contributed by atoms with Gasteiger partial charge in [-0.15, -0.1) is 0 Å². The first-order valence-electron chi connectivity index (χ1n) is 20.7. The molecule has 0 aliphatic heterocycles. The highest BCUT2D eigenvalue weighted by Gasteiger charge is 2.28. The molecular formula is C43H69NO12. The average Bonchev–Trinajstić information content (AvgIpc) is 3.54. The molecule has 318 valence electrons. The van der Waals surface area contributed by atoms with E-state index in [-0.39, 0.29) is 12.5 Å². The molecule has 0 spiro atoms. The molecule has 1 N–H and O–H groups in total. The Kier molecular flexibility index (Phi) is 29.3. The third-order valence-corrected chi connectivity index (χ3v) is 8.85. The topological polar surface area (TPSA) is 131 Å². The van der Waals surface area contributed by atoms with Crippen molar-refractivity contribution in [2.75, 3.05) is 145 Å². The first-order chi connectivity index (χ1) is 27.8. The number of ether oxygens (including phenoxy) is 11. The van der Waals surface area contributed by atoms with Crippen LogP contribution in [-0.4, -0.2) is 151 Å². The third kappa shape index (κ3) is 22.9. The molecule has 0 heterocycles. The number of hydrogen-bond acceptors (Lipinski definition) is 12. The molecule has 1 aliphatic rings. The van der Waals surface area contributed by atoms with Gasteiger partial charge in [0.25, 0.3) is 0 Å². The van der Waals surface area contributed by atoms with Gasteiger partial charge in [0, 0.05) is 19.1 Å². The molecular weight excluding hydrogens is 722 g/mol. The molecule has 0 aromatic heterocycles. The molecule has 0 saturated heterocycles. The van der Waals surface area contributed by atoms with Gasteiger partial charge in [0.15, 0.2) is 0 Å². The van der Waals surface area contributed by atoms with Gasteiger partial charge in [-0.1, -0.05) is 87.6 Å². The standard InChI is InChI=1S/C43H69NO12/c1-2-3-4-5-6-11-17-46-19-21-48-23-25-50-27-29-52-31-33-54-35-36-55-34-32-53-30-28-51-26-24-49-22-20-47-18-16-44-43(45)56-37-42-40-14-9-7-12-38(40)39-13-8-10-15-41(39)42/h7-10,12-15,42H,2-6,11,16-37H2,1H3,(H,44,45). The van der Waals surface area contributed by atoms with Crippen LogP contribution in [0.3, 0.4) is 0 Å². The molecule has 0 fully saturated rings. The van der Waals surface area contributed by atoms with E-state index in [2.05, 4.69) is 36.5 Å². The number of unbranched alkanes of at least 4 members (excludes halogenated alkanes) is 5. The fourth-order valence-electron chi connectivity index (χ4n) is 5.94. The van der Waals surface area contributed by atoms with Crippen LogP contribution in [0.5, 0.6) is 0 Å². The molecule has 1 amide bonds. The molecule has 0 radical (unpaired) electrons. The zero-order chi connectivity index (χ0) is 39.4. The number of rotatable bonds is 39. The van der Waals surface area contributed by atoms with Gasteiger partial charge in [-0.2, -0.15) is 0 Å². The van der Waals surface area contributed by atoms with Crippen LogP contribution in [0.15, 0.2) is 48.5 Å². The predicted molar refractivity (Wildman–Crippen MR) is 215 cm³/mol. The van der Waals surface area contributed by atoms with Crippen LogP contribution >= 0.6 is 0 Å². The van der Waals surface area contributed by atoms with Crippen molar-refractivity contribution in [3.8, 4) is 11.1 Å². The molecule has 13 nitrogen and oxygen atoms in total. The van der Waals surface area contributed by atoms with Crippen molar-refractivity contribution in [3.05, 3.63) is 59.7 Å². The number of fused-ring (bicyclic) bond motifs is 3. The number of benzene rings is 2. The van der Waals surface area contributed by atoms with Crippen LogP contribution in [-0.2, 0) is 52.1 Å². The van der Waals surface area contributed by atoms with E-state index >= 15 is 0 Å². The first kappa shape index (κ1) is 47.7. The highest BCUT2D eigenvalue weighted by molar-refractivity contribution is 5.79. The molecule has 2 aromatic carbocycles. The van der Waals surface area contributed by atoms with Crippen LogP contribution in [0.25, 0.3) is 11.1 Å². The summed E-state index contributed by atoms with van der Waals surface area (Å²) < 4.78 is 60.8. The third-order valence-electron chi connectivity index (χ3n) is 8.85. The van der Waals surface area contributed by atoms with Gasteiger partial charge in [-0.3, -0.25) is 0 Å². The van der Waals surface area contributed by atoms with Crippen LogP contribution in [0, 0.1) is 0 Å². The van der Waals surface area contributed by atoms with Crippen molar-refractivity contribution in [1.29, 1.82) is 0 Å². The molecule has 0 saturated carbocycles. The van der Waals surface area contributed by atoms with Crippen molar-refractivity contribution < 1.29 is 56.9 Å². The summed E-state index contributed by atoms with van der Waals surface area (Å²) in [5.74, 6) is 0.0386. The monoisotopic (exact) mass is 791 g/mol. The van der Waals surface area contributed by atoms with Crippen molar-refractivity contribution in [2.45, 2.75) is 51.4 Å². The Bertz CT molecular complexity index is 1180. The highest BCUT2D eigenvalue weighted by Crippen LogP contribution is 2.44. The second kappa shape index (κ2) is 34.4. The van der Waals surface area contributed by atoms with E-state index in [1.54, 1.807) is 0 Å². The predicted octanol–water partition coefficient (Wildman–Crippen LogP) is 6.05. The molecule has 3 rings (SSSR count). The van der Waals surface area contributed by atoms with Crippen molar-refractivity contribution >= 4 is 6.09 Å². The largest absolute Gasteiger partial charge is 0.449 e. The Labute approximate surface area is 335 Å². The molecule has 56 heavy (non-hydrogen) atoms. The van der Waals surface area contributed by atoms with Gasteiger partial charge in [0.2, 0.25) is 0 Å². The maximum atomic E-state index is 12.3. The fourth-order valence-corrected chi connectivity index (χ4v) is 5.94. The summed E-state index contributed by atoms with van der Waals surface area (Å²) in [6, 6.07) is 16.5. The second-order valence-corrected chi connectivity index (χ2v) is 13.1. The first-order valence-corrected chi connectivity index (χ1v) is 20.7. The Morgan fingerprint density at radius 1 is 0.446 bits per heavy atom. The number of amides is 1. The normalized spacial score (nSPS) is 12.2. The smallest absolute Gasteiger partial charge is 0.407 e. The summed E-state index contributed by atoms with van der Waals surface area (Å²) in [5.41, 5.74) is 4.78. The van der Waals surface area contributed by atoms with E-state index in [1.165, 1.54) is 54.4 Å². The Hall–Kier alpha value is -2.69. The number of carbonyl (C=O) groups excluding carboxylic acids is 1. The summed E-state index contributed by atoms with van der Waals surface area (Å²) in [4.78, 5) is 12.3. The zero-order valence-corrected chi connectivity index (χ0v) is 33.9. The number of nitrogens with one attached hydrogen (secondary N) is 1. The van der Waals surface area contributed by atoms with Gasteiger partial charge >= 0.3 is 6.09 Å². The minimum absolute atomic E-state index is 0.0386. The van der Waals surface area contributed by atoms with E-state index in [9.17, 15) is 4.79 Å². The number of hydrogen-bond donors (Lipinski definition) is 1. The Morgan fingerprint density at radius 3 is 1.20 bits per heavy atom. The number of carbonyl (C=O) groups is 1. The SMILES string of the molecule is CCCCCCCCOCCOCCOCCOCCOCCOCCOCCOCCOCCOCCNC(=O)OCC1c2ccccc2-c2ccccc21. The lowest BCUT2D eigenvalue weighted by atomic mass is 9.98. The van der Waals surface area contributed by atoms with Crippen molar-refractivity contribution in [1.82, 2.24) is 5.32 Å². The van der Waals surface area contributed by atoms with Crippen molar-refractivity contribution in [3.63, 3.8) is 0 Å². The number of alkyl carbamates (subject to hydrolysis) is 1. The maximum Gasteiger partial charge on any atom is 0.407 e. The molecule has 0 unspecified atom stereocenters. The maximum absolute atomic E-state index is 12.3. The van der Waals surface area contributed by atoms with Crippen LogP contribution in [0.2, 0.25) is 0 Å². The summed E-state index contributed by atoms with van der Waals surface area (Å²) in [6.45, 7) is 13.3. The quantitative estimate of drug-likeness (QED) is 0.0792. The van der Waals surface area contributed by atoms with Crippen LogP contribution in [0.1, 0.15) is 62.5 Å². The molecule has 1 aliphatic carbocycles. The van der Waals surface area contributed by atoms with Crippen LogP contribution < -0.4 is 5.32 Å². The van der Waals surface area contributed by atoms with Gasteiger partial charge in [-0.05, 0) is 28.7 Å². The lowest BCUT2D eigenvalue weighted by molar-refractivity contribution is -0.0264. The highest BCUT2D eigenvalue weighted by atomic mass is 16.6. The van der Waals surface area contributed by atoms with E-state index < -0.39 is 6.09 Å². The zero-order valence-electron chi connectivity index (χ0n) is 33.9. The van der Waals surface area contributed by atoms with E-state index in [1.807, 2.05) is 24.3 Å². The van der Waals surface area contributed by atoms with E-state index in [4.69, 9.17) is 52.1 Å². The Balaban J connectivity index is 0.936. The average molecular weight is 792 g/mol. The molecule has 2 aromatic rings. The second-order valence-electron chi connectivity index (χ2n) is 13.1. The summed E-state index contributed by atoms with van der Waals surface area (Å²) in [6.07, 6.45) is 7.21. The lowest BCUT2D eigenvalue weighted by Gasteiger charge is -2.14. The van der Waals surface area contributed by atoms with Gasteiger partial charge < -0.3 is 57.4 Å². The molecule has 13 heteroatoms. The summed E-state index contributed by atoms with van der Waals surface area (Å²) in [5, 5.41) is 2.75. The lowest BCUT2D eigenvalue weighted by Crippen LogP contribution is -2.29. The van der Waals surface area contributed by atoms with Crippen LogP contribution in [0.4, 0.5) is 4.79 Å². The van der Waals surface area contributed by atoms with E-state index in [0.717, 1.165) is 13.0 Å². The van der Waals surface area contributed by atoms with E-state index in [0.29, 0.717) is 132 Å². The Morgan fingerprint density at radius 2 is 0.786 bits per heavy atom.